The summed E-state index contributed by atoms with van der Waals surface area (Å²) in [5.41, 5.74) is 1.96. The molecule has 1 aromatic carbocycles. The van der Waals surface area contributed by atoms with E-state index in [1.165, 1.54) is 11.3 Å². The lowest BCUT2D eigenvalue weighted by Crippen LogP contribution is -2.40. The van der Waals surface area contributed by atoms with Crippen LogP contribution in [0.5, 0.6) is 0 Å². The number of aromatic nitrogens is 1. The molecule has 3 rings (SSSR count). The maximum absolute atomic E-state index is 12.2. The molecule has 124 valence electrons. The summed E-state index contributed by atoms with van der Waals surface area (Å²) in [7, 11) is 0. The molecule has 2 amide bonds. The summed E-state index contributed by atoms with van der Waals surface area (Å²) in [5, 5.41) is 20.7. The summed E-state index contributed by atoms with van der Waals surface area (Å²) < 4.78 is 0. The average molecular weight is 341 g/mol. The highest BCUT2D eigenvalue weighted by atomic mass is 32.1. The summed E-state index contributed by atoms with van der Waals surface area (Å²) in [5.74, 6) is 0. The Morgan fingerprint density at radius 2 is 2.12 bits per heavy atom. The number of thiophene rings is 1. The van der Waals surface area contributed by atoms with Crippen LogP contribution in [-0.4, -0.2) is 22.7 Å². The second-order valence-corrected chi connectivity index (χ2v) is 6.70. The standard InChI is InChI=1S/C18H19N3O2S/c1-12-6-7-13-4-3-5-15(16(13)20-12)21-17(22)19-11-18(2,23)14-8-9-24-10-14/h3-10,23H,11H2,1-2H3,(H2,19,21,22). The van der Waals surface area contributed by atoms with Crippen LogP contribution >= 0.6 is 11.3 Å². The van der Waals surface area contributed by atoms with E-state index < -0.39 is 5.60 Å². The van der Waals surface area contributed by atoms with Gasteiger partial charge in [-0.2, -0.15) is 11.3 Å². The minimum atomic E-state index is -1.11. The van der Waals surface area contributed by atoms with Gasteiger partial charge < -0.3 is 15.7 Å². The van der Waals surface area contributed by atoms with Crippen LogP contribution in [0.3, 0.4) is 0 Å². The smallest absolute Gasteiger partial charge is 0.319 e. The van der Waals surface area contributed by atoms with E-state index in [1.54, 1.807) is 6.92 Å². The Kier molecular flexibility index (Phi) is 4.51. The molecule has 0 radical (unpaired) electrons. The first-order valence-corrected chi connectivity index (χ1v) is 8.56. The van der Waals surface area contributed by atoms with E-state index in [0.29, 0.717) is 5.69 Å². The van der Waals surface area contributed by atoms with Gasteiger partial charge in [0.2, 0.25) is 0 Å². The van der Waals surface area contributed by atoms with E-state index in [1.807, 2.05) is 54.1 Å². The summed E-state index contributed by atoms with van der Waals surface area (Å²) in [6.45, 7) is 3.71. The Bertz CT molecular complexity index is 860. The van der Waals surface area contributed by atoms with E-state index in [9.17, 15) is 9.90 Å². The van der Waals surface area contributed by atoms with Crippen molar-refractivity contribution in [2.45, 2.75) is 19.4 Å². The van der Waals surface area contributed by atoms with Gasteiger partial charge in [-0.1, -0.05) is 18.2 Å². The van der Waals surface area contributed by atoms with Gasteiger partial charge in [0, 0.05) is 11.1 Å². The molecule has 5 nitrogen and oxygen atoms in total. The van der Waals surface area contributed by atoms with Gasteiger partial charge >= 0.3 is 6.03 Å². The first-order valence-electron chi connectivity index (χ1n) is 7.62. The molecule has 0 aliphatic carbocycles. The number of anilines is 1. The zero-order valence-corrected chi connectivity index (χ0v) is 14.4. The Morgan fingerprint density at radius 3 is 2.88 bits per heavy atom. The van der Waals surface area contributed by atoms with Crippen molar-refractivity contribution in [1.82, 2.24) is 10.3 Å². The third-order valence-electron chi connectivity index (χ3n) is 3.84. The molecule has 0 saturated heterocycles. The van der Waals surface area contributed by atoms with Crippen LogP contribution in [0.1, 0.15) is 18.2 Å². The number of aliphatic hydroxyl groups is 1. The Hall–Kier alpha value is -2.44. The number of rotatable bonds is 4. The van der Waals surface area contributed by atoms with Gasteiger partial charge in [-0.3, -0.25) is 4.98 Å². The lowest BCUT2D eigenvalue weighted by molar-refractivity contribution is 0.0604. The van der Waals surface area contributed by atoms with Crippen molar-refractivity contribution >= 4 is 34.0 Å². The number of nitrogens with one attached hydrogen (secondary N) is 2. The van der Waals surface area contributed by atoms with Crippen LogP contribution in [0.4, 0.5) is 10.5 Å². The Labute approximate surface area is 144 Å². The zero-order chi connectivity index (χ0) is 17.2. The molecule has 2 heterocycles. The van der Waals surface area contributed by atoms with Crippen LogP contribution in [0.2, 0.25) is 0 Å². The number of hydrogen-bond acceptors (Lipinski definition) is 4. The van der Waals surface area contributed by atoms with Crippen molar-refractivity contribution in [1.29, 1.82) is 0 Å². The minimum absolute atomic E-state index is 0.118. The first kappa shape index (κ1) is 16.4. The number of pyridine rings is 1. The van der Waals surface area contributed by atoms with Crippen LogP contribution < -0.4 is 10.6 Å². The first-order chi connectivity index (χ1) is 11.5. The minimum Gasteiger partial charge on any atom is -0.384 e. The topological polar surface area (TPSA) is 74.2 Å². The lowest BCUT2D eigenvalue weighted by Gasteiger charge is -2.23. The fourth-order valence-electron chi connectivity index (χ4n) is 2.44. The average Bonchev–Trinajstić information content (AvgIpc) is 3.09. The molecule has 2 aromatic heterocycles. The second kappa shape index (κ2) is 6.59. The molecule has 0 spiro atoms. The number of urea groups is 1. The Morgan fingerprint density at radius 1 is 1.29 bits per heavy atom. The molecular formula is C18H19N3O2S. The predicted octanol–water partition coefficient (Wildman–Crippen LogP) is 3.63. The molecule has 3 aromatic rings. The number of fused-ring (bicyclic) bond motifs is 1. The van der Waals surface area contributed by atoms with Crippen LogP contribution in [0.25, 0.3) is 10.9 Å². The van der Waals surface area contributed by atoms with Crippen molar-refractivity contribution in [3.8, 4) is 0 Å². The van der Waals surface area contributed by atoms with E-state index in [4.69, 9.17) is 0 Å². The molecule has 0 bridgehead atoms. The fraction of sp³-hybridized carbons (Fsp3) is 0.222. The van der Waals surface area contributed by atoms with Crippen molar-refractivity contribution in [3.05, 3.63) is 58.4 Å². The highest BCUT2D eigenvalue weighted by molar-refractivity contribution is 7.08. The summed E-state index contributed by atoms with van der Waals surface area (Å²) in [4.78, 5) is 16.7. The summed E-state index contributed by atoms with van der Waals surface area (Å²) in [6, 6.07) is 11.0. The van der Waals surface area contributed by atoms with Crippen LogP contribution in [0.15, 0.2) is 47.2 Å². The lowest BCUT2D eigenvalue weighted by atomic mass is 9.99. The number of hydrogen-bond donors (Lipinski definition) is 3. The normalized spacial score (nSPS) is 13.5. The number of carbonyl (C=O) groups is 1. The maximum Gasteiger partial charge on any atom is 0.319 e. The molecule has 0 aliphatic rings. The third-order valence-corrected chi connectivity index (χ3v) is 4.53. The van der Waals surface area contributed by atoms with Gasteiger partial charge in [-0.05, 0) is 48.4 Å². The monoisotopic (exact) mass is 341 g/mol. The molecule has 1 unspecified atom stereocenters. The van der Waals surface area contributed by atoms with Crippen molar-refractivity contribution < 1.29 is 9.90 Å². The molecule has 1 atom stereocenters. The predicted molar refractivity (Wildman–Crippen MR) is 97.4 cm³/mol. The number of nitrogens with zero attached hydrogens (tertiary/aromatic N) is 1. The number of para-hydroxylation sites is 1. The summed E-state index contributed by atoms with van der Waals surface area (Å²) >= 11 is 1.51. The van der Waals surface area contributed by atoms with E-state index >= 15 is 0 Å². The van der Waals surface area contributed by atoms with E-state index in [2.05, 4.69) is 15.6 Å². The SMILES string of the molecule is Cc1ccc2cccc(NC(=O)NCC(C)(O)c3ccsc3)c2n1. The van der Waals surface area contributed by atoms with Crippen molar-refractivity contribution in [2.75, 3.05) is 11.9 Å². The van der Waals surface area contributed by atoms with Gasteiger partial charge in [0.15, 0.2) is 0 Å². The van der Waals surface area contributed by atoms with Crippen molar-refractivity contribution in [2.24, 2.45) is 0 Å². The largest absolute Gasteiger partial charge is 0.384 e. The fourth-order valence-corrected chi connectivity index (χ4v) is 3.22. The molecule has 24 heavy (non-hydrogen) atoms. The molecule has 0 aliphatic heterocycles. The van der Waals surface area contributed by atoms with Gasteiger partial charge in [0.1, 0.15) is 5.60 Å². The summed E-state index contributed by atoms with van der Waals surface area (Å²) in [6.07, 6.45) is 0. The van der Waals surface area contributed by atoms with Gasteiger partial charge in [-0.15, -0.1) is 0 Å². The quantitative estimate of drug-likeness (QED) is 0.678. The second-order valence-electron chi connectivity index (χ2n) is 5.92. The van der Waals surface area contributed by atoms with Gasteiger partial charge in [0.05, 0.1) is 17.7 Å². The third kappa shape index (κ3) is 3.55. The van der Waals surface area contributed by atoms with Crippen LogP contribution in [0, 0.1) is 6.92 Å². The van der Waals surface area contributed by atoms with E-state index in [0.717, 1.165) is 22.2 Å². The number of benzene rings is 1. The molecule has 3 N–H and O–H groups in total. The number of amides is 2. The molecule has 0 fully saturated rings. The molecule has 0 saturated carbocycles. The number of carbonyl (C=O) groups excluding carboxylic acids is 1. The van der Waals surface area contributed by atoms with Crippen LogP contribution in [-0.2, 0) is 5.60 Å². The van der Waals surface area contributed by atoms with E-state index in [-0.39, 0.29) is 12.6 Å². The molecule has 6 heteroatoms. The Balaban J connectivity index is 1.70. The maximum atomic E-state index is 12.2. The van der Waals surface area contributed by atoms with Gasteiger partial charge in [0.25, 0.3) is 0 Å². The van der Waals surface area contributed by atoms with Crippen molar-refractivity contribution in [3.63, 3.8) is 0 Å². The van der Waals surface area contributed by atoms with Gasteiger partial charge in [-0.25, -0.2) is 4.79 Å². The highest BCUT2D eigenvalue weighted by Gasteiger charge is 2.24. The molecular weight excluding hydrogens is 322 g/mol. The highest BCUT2D eigenvalue weighted by Crippen LogP contribution is 2.23. The zero-order valence-electron chi connectivity index (χ0n) is 13.5. The number of aryl methyl sites for hydroxylation is 1.